The minimum atomic E-state index is 0.133. The van der Waals surface area contributed by atoms with Crippen molar-refractivity contribution in [2.45, 2.75) is 24.9 Å². The molecule has 3 heteroatoms. The molecule has 0 aliphatic carbocycles. The van der Waals surface area contributed by atoms with E-state index in [-0.39, 0.29) is 12.6 Å². The van der Waals surface area contributed by atoms with E-state index in [2.05, 4.69) is 17.4 Å². The van der Waals surface area contributed by atoms with Crippen LogP contribution in [0, 0.1) is 0 Å². The number of rotatable bonds is 5. The summed E-state index contributed by atoms with van der Waals surface area (Å²) >= 11 is 0. The Labute approximate surface area is 96.4 Å². The zero-order valence-electron chi connectivity index (χ0n) is 9.43. The first-order valence-corrected chi connectivity index (χ1v) is 5.87. The number of ether oxygens (including phenoxy) is 1. The van der Waals surface area contributed by atoms with Gasteiger partial charge in [-0.05, 0) is 18.4 Å². The number of hydrogen-bond acceptors (Lipinski definition) is 3. The molecule has 0 unspecified atom stereocenters. The molecule has 0 bridgehead atoms. The number of hydrogen-bond donors (Lipinski definition) is 2. The van der Waals surface area contributed by atoms with Crippen LogP contribution in [0.3, 0.4) is 0 Å². The van der Waals surface area contributed by atoms with Gasteiger partial charge >= 0.3 is 0 Å². The molecule has 1 fully saturated rings. The van der Waals surface area contributed by atoms with Crippen LogP contribution in [0.1, 0.15) is 12.0 Å². The van der Waals surface area contributed by atoms with Gasteiger partial charge in [0, 0.05) is 18.7 Å². The molecule has 0 amide bonds. The largest absolute Gasteiger partial charge is 0.395 e. The highest BCUT2D eigenvalue weighted by Gasteiger charge is 2.19. The van der Waals surface area contributed by atoms with Crippen molar-refractivity contribution in [1.29, 1.82) is 0 Å². The van der Waals surface area contributed by atoms with Crippen LogP contribution in [0.4, 0.5) is 0 Å². The maximum absolute atomic E-state index is 9.34. The van der Waals surface area contributed by atoms with E-state index in [1.807, 2.05) is 18.2 Å². The van der Waals surface area contributed by atoms with Gasteiger partial charge in [0.1, 0.15) is 0 Å². The first-order chi connectivity index (χ1) is 7.88. The van der Waals surface area contributed by atoms with Gasteiger partial charge in [-0.1, -0.05) is 30.3 Å². The summed E-state index contributed by atoms with van der Waals surface area (Å²) in [7, 11) is 0. The van der Waals surface area contributed by atoms with Crippen molar-refractivity contribution >= 4 is 0 Å². The number of aliphatic hydroxyl groups is 1. The third-order valence-electron chi connectivity index (χ3n) is 2.95. The lowest BCUT2D eigenvalue weighted by Crippen LogP contribution is -2.42. The predicted octanol–water partition coefficient (Wildman–Crippen LogP) is 0.968. The van der Waals surface area contributed by atoms with Gasteiger partial charge in [0.05, 0.1) is 13.2 Å². The molecule has 2 N–H and O–H groups in total. The maximum Gasteiger partial charge on any atom is 0.0620 e. The van der Waals surface area contributed by atoms with Crippen molar-refractivity contribution in [3.8, 4) is 0 Å². The molecule has 1 aromatic rings. The Balaban J connectivity index is 1.85. The highest BCUT2D eigenvalue weighted by molar-refractivity contribution is 5.16. The molecule has 2 atom stereocenters. The lowest BCUT2D eigenvalue weighted by molar-refractivity contribution is 0.180. The number of aliphatic hydroxyl groups excluding tert-OH is 1. The summed E-state index contributed by atoms with van der Waals surface area (Å²) in [6.45, 7) is 1.78. The number of benzene rings is 1. The molecule has 1 aliphatic rings. The monoisotopic (exact) mass is 221 g/mol. The molecule has 1 heterocycles. The van der Waals surface area contributed by atoms with Gasteiger partial charge in [0.2, 0.25) is 0 Å². The Bertz CT molecular complexity index is 296. The van der Waals surface area contributed by atoms with E-state index < -0.39 is 0 Å². The molecule has 1 aliphatic heterocycles. The number of nitrogens with one attached hydrogen (secondary N) is 1. The van der Waals surface area contributed by atoms with E-state index in [1.165, 1.54) is 5.56 Å². The molecule has 0 saturated carbocycles. The summed E-state index contributed by atoms with van der Waals surface area (Å²) < 4.78 is 5.31. The minimum Gasteiger partial charge on any atom is -0.395 e. The summed E-state index contributed by atoms with van der Waals surface area (Å²) in [6.07, 6.45) is 1.92. The summed E-state index contributed by atoms with van der Waals surface area (Å²) in [5.41, 5.74) is 1.26. The Morgan fingerprint density at radius 1 is 1.38 bits per heavy atom. The molecule has 1 aromatic carbocycles. The predicted molar refractivity (Wildman–Crippen MR) is 63.4 cm³/mol. The minimum absolute atomic E-state index is 0.133. The van der Waals surface area contributed by atoms with Crippen LogP contribution in [0.5, 0.6) is 0 Å². The standard InChI is InChI=1S/C13H19NO2/c15-9-13(14-12-6-7-16-10-12)8-11-4-2-1-3-5-11/h1-5,12-15H,6-10H2/t12-,13+/m0/s1. The van der Waals surface area contributed by atoms with E-state index in [4.69, 9.17) is 4.74 Å². The Morgan fingerprint density at radius 2 is 2.19 bits per heavy atom. The average molecular weight is 221 g/mol. The molecule has 16 heavy (non-hydrogen) atoms. The second-order valence-electron chi connectivity index (χ2n) is 4.30. The van der Waals surface area contributed by atoms with Gasteiger partial charge in [-0.25, -0.2) is 0 Å². The lowest BCUT2D eigenvalue weighted by atomic mass is 10.1. The van der Waals surface area contributed by atoms with Crippen molar-refractivity contribution < 1.29 is 9.84 Å². The summed E-state index contributed by atoms with van der Waals surface area (Å²) in [6, 6.07) is 10.8. The van der Waals surface area contributed by atoms with E-state index >= 15 is 0 Å². The van der Waals surface area contributed by atoms with Crippen LogP contribution in [0.15, 0.2) is 30.3 Å². The van der Waals surface area contributed by atoms with Gasteiger partial charge in [-0.2, -0.15) is 0 Å². The fourth-order valence-electron chi connectivity index (χ4n) is 2.07. The average Bonchev–Trinajstić information content (AvgIpc) is 2.82. The van der Waals surface area contributed by atoms with E-state index in [9.17, 15) is 5.11 Å². The third-order valence-corrected chi connectivity index (χ3v) is 2.95. The van der Waals surface area contributed by atoms with Gasteiger partial charge < -0.3 is 15.2 Å². The van der Waals surface area contributed by atoms with Crippen molar-refractivity contribution in [3.63, 3.8) is 0 Å². The van der Waals surface area contributed by atoms with Gasteiger partial charge in [-0.15, -0.1) is 0 Å². The van der Waals surface area contributed by atoms with Gasteiger partial charge in [0.25, 0.3) is 0 Å². The van der Waals surface area contributed by atoms with Crippen molar-refractivity contribution in [1.82, 2.24) is 5.32 Å². The van der Waals surface area contributed by atoms with Gasteiger partial charge in [0.15, 0.2) is 0 Å². The van der Waals surface area contributed by atoms with Crippen molar-refractivity contribution in [2.24, 2.45) is 0 Å². The maximum atomic E-state index is 9.34. The van der Waals surface area contributed by atoms with E-state index in [0.717, 1.165) is 26.1 Å². The SMILES string of the molecule is OC[C@@H](Cc1ccccc1)N[C@H]1CCOC1. The van der Waals surface area contributed by atoms with Crippen LogP contribution in [-0.4, -0.2) is 37.0 Å². The zero-order chi connectivity index (χ0) is 11.2. The van der Waals surface area contributed by atoms with Crippen LogP contribution in [-0.2, 0) is 11.2 Å². The van der Waals surface area contributed by atoms with Crippen molar-refractivity contribution in [2.75, 3.05) is 19.8 Å². The lowest BCUT2D eigenvalue weighted by Gasteiger charge is -2.20. The first-order valence-electron chi connectivity index (χ1n) is 5.87. The molecular formula is C13H19NO2. The molecule has 2 rings (SSSR count). The molecular weight excluding hydrogens is 202 g/mol. The Hall–Kier alpha value is -0.900. The fourth-order valence-corrected chi connectivity index (χ4v) is 2.07. The van der Waals surface area contributed by atoms with Crippen LogP contribution < -0.4 is 5.32 Å². The Kier molecular flexibility index (Phi) is 4.34. The van der Waals surface area contributed by atoms with E-state index in [0.29, 0.717) is 6.04 Å². The smallest absolute Gasteiger partial charge is 0.0620 e. The molecule has 0 spiro atoms. The second-order valence-corrected chi connectivity index (χ2v) is 4.30. The fraction of sp³-hybridized carbons (Fsp3) is 0.538. The molecule has 3 nitrogen and oxygen atoms in total. The summed E-state index contributed by atoms with van der Waals surface area (Å²) in [5, 5.41) is 12.8. The van der Waals surface area contributed by atoms with Crippen LogP contribution in [0.2, 0.25) is 0 Å². The summed E-state index contributed by atoms with van der Waals surface area (Å²) in [4.78, 5) is 0. The molecule has 88 valence electrons. The van der Waals surface area contributed by atoms with Crippen LogP contribution >= 0.6 is 0 Å². The topological polar surface area (TPSA) is 41.5 Å². The van der Waals surface area contributed by atoms with Gasteiger partial charge in [-0.3, -0.25) is 0 Å². The molecule has 1 saturated heterocycles. The molecule has 0 aromatic heterocycles. The normalized spacial score (nSPS) is 22.2. The third kappa shape index (κ3) is 3.30. The van der Waals surface area contributed by atoms with Crippen LogP contribution in [0.25, 0.3) is 0 Å². The first kappa shape index (κ1) is 11.6. The highest BCUT2D eigenvalue weighted by Crippen LogP contribution is 2.08. The second kappa shape index (κ2) is 5.99. The zero-order valence-corrected chi connectivity index (χ0v) is 9.43. The summed E-state index contributed by atoms with van der Waals surface area (Å²) in [5.74, 6) is 0. The quantitative estimate of drug-likeness (QED) is 0.778. The molecule has 0 radical (unpaired) electrons. The van der Waals surface area contributed by atoms with E-state index in [1.54, 1.807) is 0 Å². The Morgan fingerprint density at radius 3 is 2.81 bits per heavy atom. The highest BCUT2D eigenvalue weighted by atomic mass is 16.5. The van der Waals surface area contributed by atoms with Crippen molar-refractivity contribution in [3.05, 3.63) is 35.9 Å².